The second-order valence-electron chi connectivity index (χ2n) is 4.94. The van der Waals surface area contributed by atoms with E-state index in [2.05, 4.69) is 70.5 Å². The van der Waals surface area contributed by atoms with Gasteiger partial charge in [-0.15, -0.1) is 11.3 Å². The summed E-state index contributed by atoms with van der Waals surface area (Å²) >= 11 is 5.33. The molecule has 0 aliphatic rings. The van der Waals surface area contributed by atoms with E-state index in [0.717, 1.165) is 15.9 Å². The van der Waals surface area contributed by atoms with Crippen LogP contribution in [0.3, 0.4) is 0 Å². The van der Waals surface area contributed by atoms with Crippen molar-refractivity contribution in [3.8, 4) is 10.6 Å². The molecule has 0 unspecified atom stereocenters. The molecule has 0 spiro atoms. The summed E-state index contributed by atoms with van der Waals surface area (Å²) in [6.07, 6.45) is 0. The summed E-state index contributed by atoms with van der Waals surface area (Å²) in [5.41, 5.74) is 3.61. The third-order valence-corrected chi connectivity index (χ3v) is 5.35. The average molecular weight is 354 g/mol. The molecule has 3 heteroatoms. The van der Waals surface area contributed by atoms with Crippen molar-refractivity contribution in [2.75, 3.05) is 0 Å². The van der Waals surface area contributed by atoms with E-state index in [-0.39, 0.29) is 0 Å². The van der Waals surface area contributed by atoms with Crippen LogP contribution in [0.2, 0.25) is 0 Å². The topological polar surface area (TPSA) is 12.9 Å². The first-order valence-corrected chi connectivity index (χ1v) is 8.73. The molecule has 0 bridgehead atoms. The van der Waals surface area contributed by atoms with Gasteiger partial charge in [0.1, 0.15) is 5.01 Å². The predicted octanol–water partition coefficient (Wildman–Crippen LogP) is 6.01. The number of benzene rings is 3. The van der Waals surface area contributed by atoms with Crippen molar-refractivity contribution in [3.63, 3.8) is 0 Å². The average Bonchev–Trinajstić information content (AvgIpc) is 2.97. The Morgan fingerprint density at radius 2 is 1.67 bits per heavy atom. The number of nitrogens with zero attached hydrogens (tertiary/aromatic N) is 1. The molecule has 102 valence electrons. The zero-order valence-electron chi connectivity index (χ0n) is 11.2. The van der Waals surface area contributed by atoms with Crippen molar-refractivity contribution in [1.29, 1.82) is 0 Å². The van der Waals surface area contributed by atoms with E-state index in [4.69, 9.17) is 4.98 Å². The molecule has 0 amide bonds. The summed E-state index contributed by atoms with van der Waals surface area (Å²) in [7, 11) is 0. The van der Waals surface area contributed by atoms with Crippen LogP contribution in [0.5, 0.6) is 0 Å². The highest BCUT2D eigenvalue weighted by Gasteiger charge is 2.10. The van der Waals surface area contributed by atoms with Crippen LogP contribution in [0.15, 0.2) is 60.7 Å². The van der Waals surface area contributed by atoms with Crippen molar-refractivity contribution >= 4 is 48.3 Å². The van der Waals surface area contributed by atoms with Crippen LogP contribution in [0.4, 0.5) is 0 Å². The van der Waals surface area contributed by atoms with E-state index in [1.54, 1.807) is 11.3 Å². The van der Waals surface area contributed by atoms with E-state index in [1.165, 1.54) is 26.6 Å². The predicted molar refractivity (Wildman–Crippen MR) is 95.2 cm³/mol. The van der Waals surface area contributed by atoms with Gasteiger partial charge in [0, 0.05) is 10.9 Å². The molecule has 4 rings (SSSR count). The lowest BCUT2D eigenvalue weighted by molar-refractivity contribution is 1.47. The molecule has 3 aromatic carbocycles. The molecule has 0 radical (unpaired) electrons. The Kier molecular flexibility index (Phi) is 3.24. The third kappa shape index (κ3) is 2.17. The summed E-state index contributed by atoms with van der Waals surface area (Å²) in [6, 6.07) is 21.2. The molecule has 1 aromatic heterocycles. The van der Waals surface area contributed by atoms with Gasteiger partial charge >= 0.3 is 0 Å². The van der Waals surface area contributed by atoms with E-state index < -0.39 is 0 Å². The number of hydrogen-bond donors (Lipinski definition) is 0. The minimum atomic E-state index is 0.869. The second kappa shape index (κ2) is 5.24. The molecule has 0 aliphatic carbocycles. The van der Waals surface area contributed by atoms with Crippen molar-refractivity contribution in [2.45, 2.75) is 5.33 Å². The van der Waals surface area contributed by atoms with Gasteiger partial charge in [-0.25, -0.2) is 4.98 Å². The molecular formula is C18H12BrNS. The lowest BCUT2D eigenvalue weighted by Gasteiger charge is -2.07. The number of hydrogen-bond acceptors (Lipinski definition) is 2. The lowest BCUT2D eigenvalue weighted by Crippen LogP contribution is -1.85. The minimum Gasteiger partial charge on any atom is -0.236 e. The number of rotatable bonds is 2. The first-order chi connectivity index (χ1) is 10.4. The van der Waals surface area contributed by atoms with E-state index in [9.17, 15) is 0 Å². The van der Waals surface area contributed by atoms with Crippen LogP contribution in [0, 0.1) is 0 Å². The summed E-state index contributed by atoms with van der Waals surface area (Å²) in [5.74, 6) is 0. The summed E-state index contributed by atoms with van der Waals surface area (Å²) < 4.78 is 1.24. The highest BCUT2D eigenvalue weighted by atomic mass is 79.9. The number of alkyl halides is 1. The van der Waals surface area contributed by atoms with Crippen molar-refractivity contribution in [1.82, 2.24) is 4.98 Å². The van der Waals surface area contributed by atoms with Gasteiger partial charge in [-0.05, 0) is 28.5 Å². The summed E-state index contributed by atoms with van der Waals surface area (Å²) in [6.45, 7) is 0. The molecular weight excluding hydrogens is 342 g/mol. The van der Waals surface area contributed by atoms with Gasteiger partial charge in [0.15, 0.2) is 0 Å². The normalized spacial score (nSPS) is 11.3. The number of para-hydroxylation sites is 1. The molecule has 0 saturated heterocycles. The Labute approximate surface area is 135 Å². The number of aromatic nitrogens is 1. The van der Waals surface area contributed by atoms with Gasteiger partial charge in [-0.1, -0.05) is 64.5 Å². The highest BCUT2D eigenvalue weighted by molar-refractivity contribution is 9.08. The van der Waals surface area contributed by atoms with Crippen molar-refractivity contribution in [2.24, 2.45) is 0 Å². The van der Waals surface area contributed by atoms with E-state index in [0.29, 0.717) is 0 Å². The fourth-order valence-corrected chi connectivity index (χ4v) is 4.16. The monoisotopic (exact) mass is 353 g/mol. The van der Waals surface area contributed by atoms with Gasteiger partial charge in [-0.2, -0.15) is 0 Å². The maximum atomic E-state index is 4.80. The molecule has 1 nitrogen and oxygen atoms in total. The standard InChI is InChI=1S/C18H12BrNS/c19-11-12-5-3-7-14-13(12)6-4-8-15(14)18-20-16-9-1-2-10-17(16)21-18/h1-10H,11H2. The van der Waals surface area contributed by atoms with Gasteiger partial charge in [0.2, 0.25) is 0 Å². The van der Waals surface area contributed by atoms with Gasteiger partial charge in [0.25, 0.3) is 0 Å². The molecule has 21 heavy (non-hydrogen) atoms. The maximum Gasteiger partial charge on any atom is 0.125 e. The minimum absolute atomic E-state index is 0.869. The number of halogens is 1. The van der Waals surface area contributed by atoms with Crippen LogP contribution in [-0.4, -0.2) is 4.98 Å². The number of thiazole rings is 1. The Hall–Kier alpha value is -1.71. The van der Waals surface area contributed by atoms with Crippen LogP contribution in [-0.2, 0) is 5.33 Å². The SMILES string of the molecule is BrCc1cccc2c(-c3nc4ccccc4s3)cccc12. The summed E-state index contributed by atoms with van der Waals surface area (Å²) in [5, 5.41) is 4.53. The van der Waals surface area contributed by atoms with Crippen molar-refractivity contribution < 1.29 is 0 Å². The summed E-state index contributed by atoms with van der Waals surface area (Å²) in [4.78, 5) is 4.80. The van der Waals surface area contributed by atoms with Crippen LogP contribution in [0.1, 0.15) is 5.56 Å². The Bertz CT molecular complexity index is 909. The molecule has 0 fully saturated rings. The molecule has 4 aromatic rings. The first kappa shape index (κ1) is 13.0. The van der Waals surface area contributed by atoms with Gasteiger partial charge < -0.3 is 0 Å². The molecule has 0 N–H and O–H groups in total. The third-order valence-electron chi connectivity index (χ3n) is 3.68. The van der Waals surface area contributed by atoms with Crippen molar-refractivity contribution in [3.05, 3.63) is 66.2 Å². The highest BCUT2D eigenvalue weighted by Crippen LogP contribution is 2.35. The molecule has 0 atom stereocenters. The van der Waals surface area contributed by atoms with Crippen LogP contribution in [0.25, 0.3) is 31.6 Å². The van der Waals surface area contributed by atoms with E-state index in [1.807, 2.05) is 6.07 Å². The second-order valence-corrected chi connectivity index (χ2v) is 6.53. The Balaban J connectivity index is 2.01. The smallest absolute Gasteiger partial charge is 0.125 e. The fraction of sp³-hybridized carbons (Fsp3) is 0.0556. The van der Waals surface area contributed by atoms with Gasteiger partial charge in [0.05, 0.1) is 10.2 Å². The maximum absolute atomic E-state index is 4.80. The van der Waals surface area contributed by atoms with Gasteiger partial charge in [-0.3, -0.25) is 0 Å². The quantitative estimate of drug-likeness (QED) is 0.402. The zero-order valence-corrected chi connectivity index (χ0v) is 13.6. The number of fused-ring (bicyclic) bond motifs is 2. The molecule has 0 aliphatic heterocycles. The lowest BCUT2D eigenvalue weighted by atomic mass is 10.0. The Morgan fingerprint density at radius 3 is 2.52 bits per heavy atom. The van der Waals surface area contributed by atoms with E-state index >= 15 is 0 Å². The zero-order chi connectivity index (χ0) is 14.2. The Morgan fingerprint density at radius 1 is 0.857 bits per heavy atom. The molecule has 1 heterocycles. The fourth-order valence-electron chi connectivity index (χ4n) is 2.67. The largest absolute Gasteiger partial charge is 0.236 e. The molecule has 0 saturated carbocycles. The van der Waals surface area contributed by atoms with Crippen LogP contribution >= 0.6 is 27.3 Å². The van der Waals surface area contributed by atoms with Crippen LogP contribution < -0.4 is 0 Å². The first-order valence-electron chi connectivity index (χ1n) is 6.79.